The number of amides is 2. The first-order valence-electron chi connectivity index (χ1n) is 14.8. The van der Waals surface area contributed by atoms with Gasteiger partial charge in [-0.15, -0.1) is 0 Å². The average Bonchev–Trinajstić information content (AvgIpc) is 3.57. The maximum Gasteiger partial charge on any atom is 0.407 e. The standard InChI is InChI=1S/C30H36N6O6S/c1-17-15-35(30(39)40)8-9-36(17)22-10-20(11-22)28(38)34-29-33-23-7-6-19(12-26(23)43-29)21-13-31-27(32-14-21)16-41-24-4-3-5-25(24)42-18(2)37/h6-7,12-14,17,20,22,24-25H,3-5,8-11,15-16H2,1-2H3,(H,39,40)(H,33,34,38)/t17-,20?,22?,24-,25-/m0/s1. The molecule has 0 radical (unpaired) electrons. The van der Waals surface area contributed by atoms with Crippen molar-refractivity contribution in [3.63, 3.8) is 0 Å². The van der Waals surface area contributed by atoms with Gasteiger partial charge in [-0.2, -0.15) is 0 Å². The molecule has 228 valence electrons. The number of carbonyl (C=O) groups is 3. The number of carboxylic acid groups (broad SMARTS) is 1. The number of esters is 1. The fourth-order valence-corrected chi connectivity index (χ4v) is 7.22. The summed E-state index contributed by atoms with van der Waals surface area (Å²) >= 11 is 1.44. The van der Waals surface area contributed by atoms with Crippen molar-refractivity contribution in [1.82, 2.24) is 24.8 Å². The summed E-state index contributed by atoms with van der Waals surface area (Å²) in [5.74, 6) is 0.186. The lowest BCUT2D eigenvalue weighted by atomic mass is 9.78. The van der Waals surface area contributed by atoms with Crippen LogP contribution < -0.4 is 5.32 Å². The maximum atomic E-state index is 12.9. The lowest BCUT2D eigenvalue weighted by molar-refractivity contribution is -0.153. The minimum absolute atomic E-state index is 0.0182. The Morgan fingerprint density at radius 3 is 2.58 bits per heavy atom. The second kappa shape index (κ2) is 12.5. The van der Waals surface area contributed by atoms with Crippen LogP contribution in [0.5, 0.6) is 0 Å². The SMILES string of the molecule is CC(=O)O[C@H]1CCC[C@@H]1OCc1ncc(-c2ccc3nc(NC(=O)C4CC(N5CCN(C(=O)O)C[C@@H]5C)C4)sc3c2)cn1. The molecule has 2 N–H and O–H groups in total. The number of nitrogens with zero attached hydrogens (tertiary/aromatic N) is 5. The van der Waals surface area contributed by atoms with Crippen molar-refractivity contribution >= 4 is 44.7 Å². The summed E-state index contributed by atoms with van der Waals surface area (Å²) in [5, 5.41) is 12.8. The first kappa shape index (κ1) is 29.4. The van der Waals surface area contributed by atoms with Crippen molar-refractivity contribution in [1.29, 1.82) is 0 Å². The summed E-state index contributed by atoms with van der Waals surface area (Å²) in [6.45, 7) is 5.42. The second-order valence-corrected chi connectivity index (χ2v) is 12.7. The molecule has 1 aromatic carbocycles. The van der Waals surface area contributed by atoms with Crippen molar-refractivity contribution in [2.24, 2.45) is 5.92 Å². The second-order valence-electron chi connectivity index (χ2n) is 11.6. The van der Waals surface area contributed by atoms with Crippen LogP contribution >= 0.6 is 11.3 Å². The van der Waals surface area contributed by atoms with Gasteiger partial charge in [0, 0.05) is 62.5 Å². The largest absolute Gasteiger partial charge is 0.465 e. The average molecular weight is 609 g/mol. The van der Waals surface area contributed by atoms with Crippen LogP contribution in [-0.2, 0) is 25.7 Å². The number of thiazole rings is 1. The van der Waals surface area contributed by atoms with Gasteiger partial charge in [-0.1, -0.05) is 17.4 Å². The normalized spacial score (nSPS) is 25.8. The number of fused-ring (bicyclic) bond motifs is 1. The van der Waals surface area contributed by atoms with Crippen molar-refractivity contribution in [2.45, 2.75) is 76.9 Å². The molecule has 2 saturated carbocycles. The van der Waals surface area contributed by atoms with E-state index in [0.29, 0.717) is 36.6 Å². The topological polar surface area (TPSA) is 147 Å². The van der Waals surface area contributed by atoms with Crippen molar-refractivity contribution < 1.29 is 29.0 Å². The van der Waals surface area contributed by atoms with Gasteiger partial charge in [0.05, 0.1) is 16.3 Å². The highest BCUT2D eigenvalue weighted by atomic mass is 32.1. The molecular weight excluding hydrogens is 572 g/mol. The van der Waals surface area contributed by atoms with E-state index in [1.807, 2.05) is 25.1 Å². The Bertz CT molecular complexity index is 1490. The summed E-state index contributed by atoms with van der Waals surface area (Å²) in [6.07, 6.45) is 6.49. The molecule has 12 nitrogen and oxygen atoms in total. The molecule has 2 aromatic heterocycles. The Morgan fingerprint density at radius 1 is 1.09 bits per heavy atom. The molecule has 43 heavy (non-hydrogen) atoms. The van der Waals surface area contributed by atoms with Gasteiger partial charge in [0.15, 0.2) is 11.0 Å². The van der Waals surface area contributed by atoms with Gasteiger partial charge in [0.2, 0.25) is 5.91 Å². The molecule has 2 amide bonds. The number of hydrogen-bond donors (Lipinski definition) is 2. The van der Waals surface area contributed by atoms with Crippen molar-refractivity contribution in [3.8, 4) is 11.1 Å². The van der Waals surface area contributed by atoms with Gasteiger partial charge >= 0.3 is 12.1 Å². The van der Waals surface area contributed by atoms with Crippen molar-refractivity contribution in [2.75, 3.05) is 25.0 Å². The number of hydrogen-bond acceptors (Lipinski definition) is 10. The zero-order valence-corrected chi connectivity index (χ0v) is 25.1. The molecule has 0 unspecified atom stereocenters. The summed E-state index contributed by atoms with van der Waals surface area (Å²) in [6, 6.07) is 6.37. The van der Waals surface area contributed by atoms with E-state index >= 15 is 0 Å². The van der Waals surface area contributed by atoms with Crippen LogP contribution in [0.25, 0.3) is 21.3 Å². The monoisotopic (exact) mass is 608 g/mol. The third-order valence-electron chi connectivity index (χ3n) is 8.70. The van der Waals surface area contributed by atoms with E-state index in [4.69, 9.17) is 9.47 Å². The molecule has 1 saturated heterocycles. The van der Waals surface area contributed by atoms with Crippen LogP contribution in [0, 0.1) is 5.92 Å². The third-order valence-corrected chi connectivity index (χ3v) is 9.63. The number of piperazine rings is 1. The van der Waals surface area contributed by atoms with E-state index in [2.05, 4.69) is 25.2 Å². The molecule has 3 aliphatic rings. The van der Waals surface area contributed by atoms with E-state index < -0.39 is 6.09 Å². The van der Waals surface area contributed by atoms with Gasteiger partial charge in [0.25, 0.3) is 0 Å². The van der Waals surface area contributed by atoms with E-state index in [1.54, 1.807) is 12.4 Å². The number of anilines is 1. The Hall–Kier alpha value is -3.68. The zero-order chi connectivity index (χ0) is 30.1. The lowest BCUT2D eigenvalue weighted by Gasteiger charge is -2.48. The number of carbonyl (C=O) groups excluding carboxylic acids is 2. The molecule has 3 aromatic rings. The fourth-order valence-electron chi connectivity index (χ4n) is 6.32. The summed E-state index contributed by atoms with van der Waals surface area (Å²) in [4.78, 5) is 52.9. The molecule has 6 rings (SSSR count). The number of ether oxygens (including phenoxy) is 2. The Balaban J connectivity index is 1.01. The number of benzene rings is 1. The van der Waals surface area contributed by atoms with Crippen molar-refractivity contribution in [3.05, 3.63) is 36.4 Å². The van der Waals surface area contributed by atoms with Gasteiger partial charge in [0.1, 0.15) is 12.7 Å². The Labute approximate surface area is 253 Å². The smallest absolute Gasteiger partial charge is 0.407 e. The van der Waals surface area contributed by atoms with Crippen LogP contribution in [0.2, 0.25) is 0 Å². The maximum absolute atomic E-state index is 12.9. The molecule has 0 bridgehead atoms. The van der Waals surface area contributed by atoms with Crippen LogP contribution in [0.15, 0.2) is 30.6 Å². The number of rotatable bonds is 8. The van der Waals surface area contributed by atoms with E-state index in [0.717, 1.165) is 53.4 Å². The van der Waals surface area contributed by atoms with E-state index in [1.165, 1.54) is 23.2 Å². The summed E-state index contributed by atoms with van der Waals surface area (Å²) in [5.41, 5.74) is 2.62. The van der Waals surface area contributed by atoms with Gasteiger partial charge in [-0.3, -0.25) is 14.5 Å². The van der Waals surface area contributed by atoms with Gasteiger partial charge < -0.3 is 24.8 Å². The quantitative estimate of drug-likeness (QED) is 0.357. The molecule has 0 spiro atoms. The first-order chi connectivity index (χ1) is 20.7. The molecule has 1 aliphatic heterocycles. The number of nitrogens with one attached hydrogen (secondary N) is 1. The third kappa shape index (κ3) is 6.63. The van der Waals surface area contributed by atoms with E-state index in [9.17, 15) is 19.5 Å². The Morgan fingerprint density at radius 2 is 1.86 bits per heavy atom. The fraction of sp³-hybridized carbons (Fsp3) is 0.533. The predicted molar refractivity (Wildman–Crippen MR) is 160 cm³/mol. The van der Waals surface area contributed by atoms with Crippen LogP contribution in [-0.4, -0.2) is 91.8 Å². The highest BCUT2D eigenvalue weighted by molar-refractivity contribution is 7.22. The zero-order valence-electron chi connectivity index (χ0n) is 24.3. The lowest BCUT2D eigenvalue weighted by Crippen LogP contribution is -2.60. The predicted octanol–water partition coefficient (Wildman–Crippen LogP) is 4.16. The highest BCUT2D eigenvalue weighted by Crippen LogP contribution is 2.36. The Kier molecular flexibility index (Phi) is 8.55. The van der Waals surface area contributed by atoms with Crippen LogP contribution in [0.1, 0.15) is 51.8 Å². The van der Waals surface area contributed by atoms with Crippen LogP contribution in [0.3, 0.4) is 0 Å². The minimum atomic E-state index is -0.871. The molecule has 3 heterocycles. The summed E-state index contributed by atoms with van der Waals surface area (Å²) < 4.78 is 12.3. The number of aromatic nitrogens is 3. The van der Waals surface area contributed by atoms with Gasteiger partial charge in [-0.05, 0) is 56.7 Å². The van der Waals surface area contributed by atoms with Gasteiger partial charge in [-0.25, -0.2) is 19.7 Å². The summed E-state index contributed by atoms with van der Waals surface area (Å²) in [7, 11) is 0. The van der Waals surface area contributed by atoms with E-state index in [-0.39, 0.29) is 42.7 Å². The molecule has 3 fully saturated rings. The first-order valence-corrected chi connectivity index (χ1v) is 15.6. The van der Waals surface area contributed by atoms with Crippen LogP contribution in [0.4, 0.5) is 9.93 Å². The highest BCUT2D eigenvalue weighted by Gasteiger charge is 2.41. The molecular formula is C30H36N6O6S. The molecule has 2 aliphatic carbocycles. The minimum Gasteiger partial charge on any atom is -0.465 e. The molecule has 3 atom stereocenters. The molecule has 13 heteroatoms.